The maximum atomic E-state index is 13.3. The van der Waals surface area contributed by atoms with Crippen LogP contribution in [0.1, 0.15) is 290 Å². The highest BCUT2D eigenvalue weighted by Crippen LogP contribution is 2.33. The summed E-state index contributed by atoms with van der Waals surface area (Å²) in [4.78, 5) is 13.3. The number of allylic oxidation sites excluding steroid dienone is 3. The molecule has 3 fully saturated rings. The lowest BCUT2D eigenvalue weighted by atomic mass is 9.96. The predicted molar refractivity (Wildman–Crippen MR) is 351 cm³/mol. The first-order valence-electron chi connectivity index (χ1n) is 36.6. The molecule has 12 N–H and O–H groups in total. The number of aliphatic hydroxyl groups excluding tert-OH is 11. The van der Waals surface area contributed by atoms with Gasteiger partial charge >= 0.3 is 0 Å². The SMILES string of the molecule is CCCCC/C=C/CC/C=C/C(O)C(COC1OC(CO)C(OC2OC(CO)C(OC3OC(CO)C(O)C(O)C3O)C(O)C2O)C(O)C1O)NC(=O)CCCCCCCCCCCCCCCCCCCCCCCCCCCCCCCCCCCCCC. The van der Waals surface area contributed by atoms with Crippen molar-refractivity contribution in [1.82, 2.24) is 5.32 Å². The fourth-order valence-electron chi connectivity index (χ4n) is 12.6. The second-order valence-corrected chi connectivity index (χ2v) is 26.4. The zero-order valence-electron chi connectivity index (χ0n) is 56.1. The molecule has 19 nitrogen and oxygen atoms in total. The third-order valence-electron chi connectivity index (χ3n) is 18.5. The molecule has 3 aliphatic heterocycles. The van der Waals surface area contributed by atoms with Gasteiger partial charge in [-0.15, -0.1) is 0 Å². The number of unbranched alkanes of at least 4 members (excludes halogenated alkanes) is 39. The van der Waals surface area contributed by atoms with Gasteiger partial charge < -0.3 is 89.9 Å². The summed E-state index contributed by atoms with van der Waals surface area (Å²) in [6.07, 6.45) is 35.3. The summed E-state index contributed by atoms with van der Waals surface area (Å²) in [5.74, 6) is -0.283. The van der Waals surface area contributed by atoms with E-state index in [1.807, 2.05) is 6.08 Å². The quantitative estimate of drug-likeness (QED) is 0.0199. The Bertz CT molecular complexity index is 1730. The summed E-state index contributed by atoms with van der Waals surface area (Å²) >= 11 is 0. The van der Waals surface area contributed by atoms with E-state index < -0.39 is 124 Å². The normalized spacial score (nSPS) is 28.1. The first-order valence-corrected chi connectivity index (χ1v) is 36.6. The maximum absolute atomic E-state index is 13.3. The summed E-state index contributed by atoms with van der Waals surface area (Å²) in [5, 5.41) is 120. The minimum absolute atomic E-state index is 0.240. The molecule has 0 aliphatic carbocycles. The summed E-state index contributed by atoms with van der Waals surface area (Å²) in [6, 6.07) is -0.985. The van der Waals surface area contributed by atoms with Gasteiger partial charge in [-0.2, -0.15) is 0 Å². The van der Waals surface area contributed by atoms with E-state index in [2.05, 4.69) is 31.3 Å². The van der Waals surface area contributed by atoms with Crippen LogP contribution in [0.15, 0.2) is 24.3 Å². The molecule has 530 valence electrons. The van der Waals surface area contributed by atoms with Crippen molar-refractivity contribution >= 4 is 5.91 Å². The molecule has 19 heteroatoms. The third-order valence-corrected chi connectivity index (χ3v) is 18.5. The van der Waals surface area contributed by atoms with E-state index >= 15 is 0 Å². The van der Waals surface area contributed by atoms with Crippen molar-refractivity contribution < 1.29 is 89.4 Å². The van der Waals surface area contributed by atoms with Crippen LogP contribution in [-0.2, 0) is 33.2 Å². The Labute approximate surface area is 543 Å². The minimum Gasteiger partial charge on any atom is -0.394 e. The standard InChI is InChI=1S/C71H133NO18/c1-3-5-7-9-11-13-14-15-16-17-18-19-20-21-22-23-24-25-26-27-28-29-30-31-32-33-34-35-36-37-38-39-41-43-45-47-49-59(77)72-54(55(76)48-46-44-42-40-12-10-8-6-4-2)53-85-69-65(83)62(80)67(57(51-74)87-69)90-71-66(84)63(81)68(58(52-75)88-71)89-70-64(82)61(79)60(78)56(50-73)86-70/h12,40,46,48,54-58,60-71,73-76,78-84H,3-11,13-39,41-45,47,49-53H2,1-2H3,(H,72,77)/b40-12+,48-46+. The molecule has 0 aromatic heterocycles. The number of nitrogens with one attached hydrogen (secondary N) is 1. The molecule has 17 unspecified atom stereocenters. The molecule has 17 atom stereocenters. The lowest BCUT2D eigenvalue weighted by molar-refractivity contribution is -0.379. The Hall–Kier alpha value is -1.73. The van der Waals surface area contributed by atoms with Crippen molar-refractivity contribution in [2.24, 2.45) is 0 Å². The Kier molecular flexibility index (Phi) is 49.0. The van der Waals surface area contributed by atoms with Crippen molar-refractivity contribution in [3.8, 4) is 0 Å². The van der Waals surface area contributed by atoms with Crippen LogP contribution in [0.25, 0.3) is 0 Å². The average Bonchev–Trinajstić information content (AvgIpc) is 0.817. The van der Waals surface area contributed by atoms with Crippen molar-refractivity contribution in [2.75, 3.05) is 26.4 Å². The van der Waals surface area contributed by atoms with Crippen LogP contribution in [0.4, 0.5) is 0 Å². The maximum Gasteiger partial charge on any atom is 0.220 e. The monoisotopic (exact) mass is 1290 g/mol. The number of ether oxygens (including phenoxy) is 6. The molecular weight excluding hydrogens is 1150 g/mol. The van der Waals surface area contributed by atoms with Gasteiger partial charge in [-0.25, -0.2) is 0 Å². The van der Waals surface area contributed by atoms with E-state index in [-0.39, 0.29) is 18.9 Å². The van der Waals surface area contributed by atoms with Crippen LogP contribution in [0.2, 0.25) is 0 Å². The van der Waals surface area contributed by atoms with Gasteiger partial charge in [-0.1, -0.05) is 276 Å². The molecule has 0 aromatic carbocycles. The Balaban J connectivity index is 1.28. The number of hydrogen-bond donors (Lipinski definition) is 12. The predicted octanol–water partition coefficient (Wildman–Crippen LogP) is 10.2. The van der Waals surface area contributed by atoms with Crippen molar-refractivity contribution in [3.63, 3.8) is 0 Å². The number of carbonyl (C=O) groups is 1. The minimum atomic E-state index is -1.98. The summed E-state index contributed by atoms with van der Waals surface area (Å²) in [6.45, 7) is 1.67. The smallest absolute Gasteiger partial charge is 0.220 e. The van der Waals surface area contributed by atoms with Crippen LogP contribution in [0.3, 0.4) is 0 Å². The molecule has 0 aromatic rings. The van der Waals surface area contributed by atoms with E-state index in [0.717, 1.165) is 44.9 Å². The van der Waals surface area contributed by atoms with Crippen LogP contribution in [-0.4, -0.2) is 193 Å². The van der Waals surface area contributed by atoms with E-state index in [1.54, 1.807) is 6.08 Å². The van der Waals surface area contributed by atoms with Crippen molar-refractivity contribution in [2.45, 2.75) is 394 Å². The topological polar surface area (TPSA) is 307 Å². The van der Waals surface area contributed by atoms with E-state index in [0.29, 0.717) is 12.8 Å². The highest BCUT2D eigenvalue weighted by Gasteiger charge is 2.53. The molecule has 3 heterocycles. The molecule has 0 bridgehead atoms. The number of rotatable bonds is 57. The van der Waals surface area contributed by atoms with Crippen LogP contribution < -0.4 is 5.32 Å². The molecule has 0 saturated carbocycles. The third kappa shape index (κ3) is 34.8. The average molecular weight is 1290 g/mol. The van der Waals surface area contributed by atoms with Gasteiger partial charge in [0.1, 0.15) is 73.2 Å². The fourth-order valence-corrected chi connectivity index (χ4v) is 12.6. The molecular formula is C71H133NO18. The lowest BCUT2D eigenvalue weighted by Gasteiger charge is -2.48. The van der Waals surface area contributed by atoms with Crippen LogP contribution in [0.5, 0.6) is 0 Å². The van der Waals surface area contributed by atoms with Gasteiger partial charge in [0.2, 0.25) is 5.91 Å². The Morgan fingerprint density at radius 3 is 1.11 bits per heavy atom. The number of carbonyl (C=O) groups excluding carboxylic acids is 1. The van der Waals surface area contributed by atoms with Crippen molar-refractivity contribution in [3.05, 3.63) is 24.3 Å². The molecule has 3 saturated heterocycles. The largest absolute Gasteiger partial charge is 0.394 e. The van der Waals surface area contributed by atoms with Crippen LogP contribution >= 0.6 is 0 Å². The first kappa shape index (κ1) is 82.5. The molecule has 0 radical (unpaired) electrons. The van der Waals surface area contributed by atoms with Gasteiger partial charge in [-0.05, 0) is 32.1 Å². The first-order chi connectivity index (χ1) is 43.8. The van der Waals surface area contributed by atoms with Crippen molar-refractivity contribution in [1.29, 1.82) is 0 Å². The zero-order valence-corrected chi connectivity index (χ0v) is 56.1. The van der Waals surface area contributed by atoms with E-state index in [4.69, 9.17) is 28.4 Å². The van der Waals surface area contributed by atoms with E-state index in [1.165, 1.54) is 212 Å². The summed E-state index contributed by atoms with van der Waals surface area (Å²) in [5.41, 5.74) is 0. The van der Waals surface area contributed by atoms with Crippen LogP contribution in [0, 0.1) is 0 Å². The summed E-state index contributed by atoms with van der Waals surface area (Å²) < 4.78 is 34.2. The molecule has 3 aliphatic rings. The number of amides is 1. The zero-order chi connectivity index (χ0) is 65.4. The molecule has 0 spiro atoms. The Morgan fingerprint density at radius 2 is 0.711 bits per heavy atom. The fraction of sp³-hybridized carbons (Fsp3) is 0.930. The van der Waals surface area contributed by atoms with Gasteiger partial charge in [0, 0.05) is 6.42 Å². The molecule has 1 amide bonds. The van der Waals surface area contributed by atoms with E-state index in [9.17, 15) is 61.0 Å². The highest BCUT2D eigenvalue weighted by atomic mass is 16.8. The van der Waals surface area contributed by atoms with Gasteiger partial charge in [0.25, 0.3) is 0 Å². The van der Waals surface area contributed by atoms with Gasteiger partial charge in [0.05, 0.1) is 38.6 Å². The summed E-state index contributed by atoms with van der Waals surface area (Å²) in [7, 11) is 0. The molecule has 3 rings (SSSR count). The lowest BCUT2D eigenvalue weighted by Crippen LogP contribution is -2.66. The molecule has 90 heavy (non-hydrogen) atoms. The van der Waals surface area contributed by atoms with Gasteiger partial charge in [-0.3, -0.25) is 4.79 Å². The number of hydrogen-bond acceptors (Lipinski definition) is 18. The second-order valence-electron chi connectivity index (χ2n) is 26.4. The Morgan fingerprint density at radius 1 is 0.389 bits per heavy atom. The number of aliphatic hydroxyl groups is 11. The highest BCUT2D eigenvalue weighted by molar-refractivity contribution is 5.76. The second kappa shape index (κ2) is 53.4. The van der Waals surface area contributed by atoms with Gasteiger partial charge in [0.15, 0.2) is 18.9 Å².